The number of esters is 1. The van der Waals surface area contributed by atoms with Gasteiger partial charge in [-0.15, -0.1) is 11.3 Å². The Hall–Kier alpha value is -3.51. The van der Waals surface area contributed by atoms with Gasteiger partial charge in [0, 0.05) is 22.8 Å². The topological polar surface area (TPSA) is 93.7 Å². The highest BCUT2D eigenvalue weighted by atomic mass is 32.1. The molecule has 0 bridgehead atoms. The number of hydrogen-bond donors (Lipinski definition) is 2. The van der Waals surface area contributed by atoms with E-state index in [-0.39, 0.29) is 22.4 Å². The molecule has 180 valence electrons. The van der Waals surface area contributed by atoms with Crippen molar-refractivity contribution in [2.75, 3.05) is 19.0 Å². The van der Waals surface area contributed by atoms with Crippen molar-refractivity contribution in [1.82, 2.24) is 5.32 Å². The second-order valence-corrected chi connectivity index (χ2v) is 8.04. The summed E-state index contributed by atoms with van der Waals surface area (Å²) in [7, 11) is 1.38. The average molecular weight is 498 g/mol. The van der Waals surface area contributed by atoms with Gasteiger partial charge < -0.3 is 20.1 Å². The third-order valence-electron chi connectivity index (χ3n) is 4.62. The highest BCUT2D eigenvalue weighted by molar-refractivity contribution is 7.21. The van der Waals surface area contributed by atoms with Crippen LogP contribution in [-0.4, -0.2) is 37.5 Å². The second kappa shape index (κ2) is 10.6. The van der Waals surface area contributed by atoms with Crippen LogP contribution in [0.3, 0.4) is 0 Å². The molecule has 2 amide bonds. The molecule has 0 unspecified atom stereocenters. The fourth-order valence-electron chi connectivity index (χ4n) is 3.01. The molecule has 1 aromatic heterocycles. The van der Waals surface area contributed by atoms with E-state index in [1.807, 2.05) is 5.32 Å². The minimum atomic E-state index is -1.75. The highest BCUT2D eigenvalue weighted by Crippen LogP contribution is 2.34. The van der Waals surface area contributed by atoms with Crippen LogP contribution in [0.15, 0.2) is 30.3 Å². The molecule has 0 aliphatic carbocycles. The van der Waals surface area contributed by atoms with Crippen LogP contribution in [0.2, 0.25) is 0 Å². The Labute approximate surface area is 194 Å². The molecule has 0 spiro atoms. The molecule has 0 aliphatic heterocycles. The summed E-state index contributed by atoms with van der Waals surface area (Å²) < 4.78 is 64.8. The van der Waals surface area contributed by atoms with E-state index in [0.717, 1.165) is 17.4 Å². The largest absolute Gasteiger partial charge is 0.448 e. The van der Waals surface area contributed by atoms with Gasteiger partial charge in [0.15, 0.2) is 23.6 Å². The van der Waals surface area contributed by atoms with Crippen molar-refractivity contribution < 1.29 is 41.4 Å². The van der Waals surface area contributed by atoms with Crippen molar-refractivity contribution in [2.45, 2.75) is 19.6 Å². The number of benzene rings is 2. The summed E-state index contributed by atoms with van der Waals surface area (Å²) >= 11 is 0.980. The summed E-state index contributed by atoms with van der Waals surface area (Å²) in [6.07, 6.45) is -1.34. The number of rotatable bonds is 8. The molecule has 0 saturated heterocycles. The van der Waals surface area contributed by atoms with E-state index in [0.29, 0.717) is 10.8 Å². The van der Waals surface area contributed by atoms with Gasteiger partial charge in [-0.1, -0.05) is 6.07 Å². The molecule has 1 heterocycles. The number of carbonyl (C=O) groups is 3. The van der Waals surface area contributed by atoms with Crippen molar-refractivity contribution in [1.29, 1.82) is 0 Å². The Morgan fingerprint density at radius 3 is 2.47 bits per heavy atom. The molecule has 0 radical (unpaired) electrons. The monoisotopic (exact) mass is 498 g/mol. The first kappa shape index (κ1) is 25.1. The maximum Gasteiger partial charge on any atom is 0.349 e. The van der Waals surface area contributed by atoms with Crippen molar-refractivity contribution >= 4 is 44.9 Å². The fourth-order valence-corrected chi connectivity index (χ4v) is 4.11. The van der Waals surface area contributed by atoms with Crippen molar-refractivity contribution in [2.24, 2.45) is 0 Å². The first-order valence-corrected chi connectivity index (χ1v) is 10.6. The third-order valence-corrected chi connectivity index (χ3v) is 5.80. The number of methoxy groups -OCH3 is 1. The van der Waals surface area contributed by atoms with Gasteiger partial charge in [-0.2, -0.15) is 0 Å². The van der Waals surface area contributed by atoms with Crippen LogP contribution in [0, 0.1) is 23.3 Å². The van der Waals surface area contributed by atoms with Crippen LogP contribution >= 0.6 is 11.3 Å². The van der Waals surface area contributed by atoms with Gasteiger partial charge in [-0.05, 0) is 31.2 Å². The molecule has 2 aromatic carbocycles. The van der Waals surface area contributed by atoms with Gasteiger partial charge >= 0.3 is 5.97 Å². The maximum atomic E-state index is 14.3. The van der Waals surface area contributed by atoms with Gasteiger partial charge in [0.2, 0.25) is 5.91 Å². The summed E-state index contributed by atoms with van der Waals surface area (Å²) in [5.41, 5.74) is -0.327. The smallest absolute Gasteiger partial charge is 0.349 e. The Morgan fingerprint density at radius 1 is 1.03 bits per heavy atom. The van der Waals surface area contributed by atoms with E-state index in [4.69, 9.17) is 9.47 Å². The van der Waals surface area contributed by atoms with Gasteiger partial charge in [-0.3, -0.25) is 9.59 Å². The molecule has 0 fully saturated rings. The molecular formula is C22H18F4N2O5S. The van der Waals surface area contributed by atoms with Gasteiger partial charge in [0.1, 0.15) is 10.7 Å². The Bertz CT molecular complexity index is 1260. The molecule has 3 aromatic rings. The first-order chi connectivity index (χ1) is 16.1. The van der Waals surface area contributed by atoms with Gasteiger partial charge in [0.25, 0.3) is 5.91 Å². The SMILES string of the molecule is COCc1c(C(=O)O[C@@H](C)C(=O)NCC(=O)Nc2ccc(F)c(F)c2F)sc2cccc(F)c12. The minimum Gasteiger partial charge on any atom is -0.448 e. The minimum absolute atomic E-state index is 0.0628. The normalized spacial score (nSPS) is 11.8. The number of nitrogens with one attached hydrogen (secondary N) is 2. The summed E-state index contributed by atoms with van der Waals surface area (Å²) in [5.74, 6) is -7.97. The average Bonchev–Trinajstić information content (AvgIpc) is 3.18. The van der Waals surface area contributed by atoms with Crippen LogP contribution in [0.5, 0.6) is 0 Å². The molecule has 7 nitrogen and oxygen atoms in total. The summed E-state index contributed by atoms with van der Waals surface area (Å²) in [6, 6.07) is 5.82. The van der Waals surface area contributed by atoms with Crippen LogP contribution < -0.4 is 10.6 Å². The van der Waals surface area contributed by atoms with Crippen LogP contribution in [0.4, 0.5) is 23.2 Å². The van der Waals surface area contributed by atoms with Crippen molar-refractivity contribution in [3.8, 4) is 0 Å². The third kappa shape index (κ3) is 5.34. The molecule has 3 rings (SSSR count). The zero-order chi connectivity index (χ0) is 25.0. The van der Waals surface area contributed by atoms with E-state index in [1.54, 1.807) is 6.07 Å². The number of fused-ring (bicyclic) bond motifs is 1. The molecule has 12 heteroatoms. The number of anilines is 1. The number of carbonyl (C=O) groups excluding carboxylic acids is 3. The van der Waals surface area contributed by atoms with E-state index in [1.165, 1.54) is 26.2 Å². The number of thiophene rings is 1. The number of amides is 2. The predicted molar refractivity (Wildman–Crippen MR) is 115 cm³/mol. The molecule has 1 atom stereocenters. The Morgan fingerprint density at radius 2 is 1.76 bits per heavy atom. The second-order valence-electron chi connectivity index (χ2n) is 6.99. The number of hydrogen-bond acceptors (Lipinski definition) is 6. The molecule has 0 saturated carbocycles. The lowest BCUT2D eigenvalue weighted by Crippen LogP contribution is -2.40. The molecule has 0 aliphatic rings. The number of ether oxygens (including phenoxy) is 2. The molecule has 34 heavy (non-hydrogen) atoms. The van der Waals surface area contributed by atoms with Gasteiger partial charge in [0.05, 0.1) is 18.8 Å². The standard InChI is InChI=1S/C22H18F4N2O5S/c1-10(21(30)27-8-16(29)28-14-7-6-13(24)18(25)19(14)26)33-22(31)20-11(9-32-2)17-12(23)4-3-5-15(17)34-20/h3-7,10H,8-9H2,1-2H3,(H,27,30)(H,28,29)/t10-/m0/s1. The van der Waals surface area contributed by atoms with E-state index >= 15 is 0 Å². The summed E-state index contributed by atoms with van der Waals surface area (Å²) in [5, 5.41) is 4.39. The van der Waals surface area contributed by atoms with E-state index in [9.17, 15) is 31.9 Å². The lowest BCUT2D eigenvalue weighted by molar-refractivity contribution is -0.130. The molecule has 2 N–H and O–H groups in total. The summed E-state index contributed by atoms with van der Waals surface area (Å²) in [4.78, 5) is 36.9. The Kier molecular flexibility index (Phi) is 7.84. The first-order valence-electron chi connectivity index (χ1n) is 9.74. The highest BCUT2D eigenvalue weighted by Gasteiger charge is 2.26. The zero-order valence-corrected chi connectivity index (χ0v) is 18.7. The zero-order valence-electron chi connectivity index (χ0n) is 17.8. The van der Waals surface area contributed by atoms with E-state index < -0.39 is 59.4 Å². The number of halogens is 4. The quantitative estimate of drug-likeness (QED) is 0.279. The summed E-state index contributed by atoms with van der Waals surface area (Å²) in [6.45, 7) is 0.527. The fraction of sp³-hybridized carbons (Fsp3) is 0.227. The van der Waals surface area contributed by atoms with Crippen LogP contribution in [0.1, 0.15) is 22.2 Å². The lowest BCUT2D eigenvalue weighted by atomic mass is 10.1. The van der Waals surface area contributed by atoms with E-state index in [2.05, 4.69) is 5.32 Å². The predicted octanol–water partition coefficient (Wildman–Crippen LogP) is 3.90. The van der Waals surface area contributed by atoms with Crippen molar-refractivity contribution in [3.63, 3.8) is 0 Å². The molecular weight excluding hydrogens is 480 g/mol. The maximum absolute atomic E-state index is 14.3. The van der Waals surface area contributed by atoms with Gasteiger partial charge in [-0.25, -0.2) is 22.4 Å². The van der Waals surface area contributed by atoms with Crippen molar-refractivity contribution in [3.05, 3.63) is 64.0 Å². The van der Waals surface area contributed by atoms with Crippen LogP contribution in [0.25, 0.3) is 10.1 Å². The lowest BCUT2D eigenvalue weighted by Gasteiger charge is -2.14. The Balaban J connectivity index is 1.62. The van der Waals surface area contributed by atoms with Crippen LogP contribution in [-0.2, 0) is 25.7 Å².